The molecular formula is C15H19NO2. The summed E-state index contributed by atoms with van der Waals surface area (Å²) in [6.45, 7) is 5.62. The molecule has 18 heavy (non-hydrogen) atoms. The molecular weight excluding hydrogens is 226 g/mol. The summed E-state index contributed by atoms with van der Waals surface area (Å²) in [5.74, 6) is 5.47. The van der Waals surface area contributed by atoms with Gasteiger partial charge < -0.3 is 9.72 Å². The van der Waals surface area contributed by atoms with E-state index in [0.29, 0.717) is 6.29 Å². The lowest BCUT2D eigenvalue weighted by atomic mass is 10.2. The van der Waals surface area contributed by atoms with E-state index in [4.69, 9.17) is 4.74 Å². The smallest absolute Gasteiger partial charge is 0.192 e. The number of aldehydes is 1. The summed E-state index contributed by atoms with van der Waals surface area (Å²) in [6, 6.07) is 8.00. The molecule has 1 aromatic heterocycles. The Labute approximate surface area is 108 Å². The van der Waals surface area contributed by atoms with Crippen molar-refractivity contribution in [2.45, 2.75) is 20.8 Å². The molecule has 3 nitrogen and oxygen atoms in total. The van der Waals surface area contributed by atoms with E-state index in [2.05, 4.69) is 16.8 Å². The second kappa shape index (κ2) is 9.98. The molecule has 0 fully saturated rings. The van der Waals surface area contributed by atoms with Gasteiger partial charge in [0.15, 0.2) is 6.29 Å². The first-order valence-corrected chi connectivity index (χ1v) is 5.79. The number of fused-ring (bicyclic) bond motifs is 1. The van der Waals surface area contributed by atoms with Crippen LogP contribution in [-0.4, -0.2) is 18.4 Å². The number of carbonyl (C=O) groups excluding carboxylic acids is 1. The van der Waals surface area contributed by atoms with E-state index in [1.54, 1.807) is 14.0 Å². The average molecular weight is 245 g/mol. The van der Waals surface area contributed by atoms with Crippen LogP contribution in [0.2, 0.25) is 0 Å². The van der Waals surface area contributed by atoms with Crippen LogP contribution in [0.4, 0.5) is 0 Å². The van der Waals surface area contributed by atoms with Crippen molar-refractivity contribution in [2.75, 3.05) is 7.11 Å². The quantitative estimate of drug-likeness (QED) is 0.618. The van der Waals surface area contributed by atoms with E-state index in [1.165, 1.54) is 5.39 Å². The van der Waals surface area contributed by atoms with Crippen LogP contribution >= 0.6 is 0 Å². The van der Waals surface area contributed by atoms with Gasteiger partial charge in [0.25, 0.3) is 0 Å². The van der Waals surface area contributed by atoms with Gasteiger partial charge >= 0.3 is 0 Å². The highest BCUT2D eigenvalue weighted by molar-refractivity contribution is 5.80. The predicted octanol–water partition coefficient (Wildman–Crippen LogP) is 3.41. The Morgan fingerprint density at radius 2 is 2.00 bits per heavy atom. The van der Waals surface area contributed by atoms with Gasteiger partial charge in [-0.2, -0.15) is 0 Å². The lowest BCUT2D eigenvalue weighted by molar-refractivity contribution is -0.103. The average Bonchev–Trinajstić information content (AvgIpc) is 2.89. The highest BCUT2D eigenvalue weighted by Gasteiger charge is 1.94. The summed E-state index contributed by atoms with van der Waals surface area (Å²) < 4.78 is 5.07. The maximum Gasteiger partial charge on any atom is 0.192 e. The van der Waals surface area contributed by atoms with Crippen molar-refractivity contribution in [3.8, 4) is 17.6 Å². The Hall–Kier alpha value is -2.21. The number of aromatic nitrogens is 1. The van der Waals surface area contributed by atoms with Gasteiger partial charge in [0.05, 0.1) is 7.11 Å². The van der Waals surface area contributed by atoms with Crippen LogP contribution in [0.3, 0.4) is 0 Å². The van der Waals surface area contributed by atoms with Gasteiger partial charge in [0.2, 0.25) is 0 Å². The Morgan fingerprint density at radius 1 is 1.28 bits per heavy atom. The summed E-state index contributed by atoms with van der Waals surface area (Å²) in [6.07, 6.45) is 2.49. The molecule has 0 saturated carbocycles. The number of benzene rings is 1. The molecule has 96 valence electrons. The minimum Gasteiger partial charge on any atom is -0.497 e. The standard InChI is InChI=1S/C9H9NO.C4H4O.C2H6/c1-11-8-3-2-7-4-5-10-9(7)6-8;1-2-3-4-5;1-2/h2-6,10H,1H3;4H,1H3;1-2H3. The number of methoxy groups -OCH3 is 1. The number of nitrogens with one attached hydrogen (secondary N) is 1. The number of rotatable bonds is 1. The van der Waals surface area contributed by atoms with E-state index < -0.39 is 0 Å². The van der Waals surface area contributed by atoms with Gasteiger partial charge in [0.1, 0.15) is 5.75 Å². The zero-order chi connectivity index (χ0) is 13.8. The van der Waals surface area contributed by atoms with Crippen molar-refractivity contribution >= 4 is 17.2 Å². The Balaban J connectivity index is 0.000000354. The summed E-state index contributed by atoms with van der Waals surface area (Å²) >= 11 is 0. The highest BCUT2D eigenvalue weighted by atomic mass is 16.5. The monoisotopic (exact) mass is 245 g/mol. The van der Waals surface area contributed by atoms with Gasteiger partial charge in [-0.1, -0.05) is 19.8 Å². The van der Waals surface area contributed by atoms with Crippen molar-refractivity contribution < 1.29 is 9.53 Å². The fourth-order valence-corrected chi connectivity index (χ4v) is 1.21. The Kier molecular flexibility index (Phi) is 8.75. The van der Waals surface area contributed by atoms with Crippen molar-refractivity contribution in [3.05, 3.63) is 30.5 Å². The first kappa shape index (κ1) is 15.8. The molecule has 0 amide bonds. The molecule has 0 spiro atoms. The molecule has 1 heterocycles. The summed E-state index contributed by atoms with van der Waals surface area (Å²) in [7, 11) is 1.67. The number of H-pyrrole nitrogens is 1. The zero-order valence-corrected chi connectivity index (χ0v) is 11.3. The number of carbonyl (C=O) groups is 1. The third kappa shape index (κ3) is 5.22. The SMILES string of the molecule is CC.CC#CC=O.COc1ccc2cc[nH]c2c1. The predicted molar refractivity (Wildman–Crippen MR) is 75.7 cm³/mol. The van der Waals surface area contributed by atoms with Crippen molar-refractivity contribution in [2.24, 2.45) is 0 Å². The lowest BCUT2D eigenvalue weighted by Gasteiger charge is -1.97. The van der Waals surface area contributed by atoms with Crippen LogP contribution in [0.1, 0.15) is 20.8 Å². The molecule has 0 radical (unpaired) electrons. The molecule has 0 atom stereocenters. The van der Waals surface area contributed by atoms with Crippen molar-refractivity contribution in [1.82, 2.24) is 4.98 Å². The van der Waals surface area contributed by atoms with Crippen LogP contribution in [0.15, 0.2) is 30.5 Å². The lowest BCUT2D eigenvalue weighted by Crippen LogP contribution is -1.80. The first-order chi connectivity index (χ1) is 8.81. The molecule has 1 N–H and O–H groups in total. The first-order valence-electron chi connectivity index (χ1n) is 5.79. The topological polar surface area (TPSA) is 42.1 Å². The van der Waals surface area contributed by atoms with E-state index in [1.807, 2.05) is 44.3 Å². The summed E-state index contributed by atoms with van der Waals surface area (Å²) in [5, 5.41) is 1.21. The molecule has 1 aromatic carbocycles. The molecule has 0 aliphatic carbocycles. The summed E-state index contributed by atoms with van der Waals surface area (Å²) in [4.78, 5) is 12.3. The van der Waals surface area contributed by atoms with Crippen LogP contribution in [0.5, 0.6) is 5.75 Å². The van der Waals surface area contributed by atoms with Crippen LogP contribution in [0.25, 0.3) is 10.9 Å². The number of ether oxygens (including phenoxy) is 1. The molecule has 0 bridgehead atoms. The molecule has 3 heteroatoms. The minimum absolute atomic E-state index is 0.569. The Bertz CT molecular complexity index is 518. The third-order valence-electron chi connectivity index (χ3n) is 1.97. The number of hydrogen-bond acceptors (Lipinski definition) is 2. The van der Waals surface area contributed by atoms with Crippen molar-refractivity contribution in [3.63, 3.8) is 0 Å². The normalized spacial score (nSPS) is 7.78. The molecule has 2 rings (SSSR count). The summed E-state index contributed by atoms with van der Waals surface area (Å²) in [5.41, 5.74) is 1.12. The second-order valence-corrected chi connectivity index (χ2v) is 2.94. The molecule has 0 aliphatic heterocycles. The van der Waals surface area contributed by atoms with Gasteiger partial charge in [0, 0.05) is 17.8 Å². The fourth-order valence-electron chi connectivity index (χ4n) is 1.21. The minimum atomic E-state index is 0.569. The van der Waals surface area contributed by atoms with Gasteiger partial charge in [-0.25, -0.2) is 0 Å². The number of aromatic amines is 1. The number of hydrogen-bond donors (Lipinski definition) is 1. The van der Waals surface area contributed by atoms with Crippen molar-refractivity contribution in [1.29, 1.82) is 0 Å². The molecule has 2 aromatic rings. The van der Waals surface area contributed by atoms with E-state index in [0.717, 1.165) is 11.3 Å². The van der Waals surface area contributed by atoms with Crippen LogP contribution in [-0.2, 0) is 4.79 Å². The largest absolute Gasteiger partial charge is 0.497 e. The second-order valence-electron chi connectivity index (χ2n) is 2.94. The fraction of sp³-hybridized carbons (Fsp3) is 0.267. The highest BCUT2D eigenvalue weighted by Crippen LogP contribution is 2.18. The van der Waals surface area contributed by atoms with Crippen LogP contribution < -0.4 is 4.74 Å². The maximum atomic E-state index is 9.23. The van der Waals surface area contributed by atoms with Crippen LogP contribution in [0, 0.1) is 11.8 Å². The molecule has 0 saturated heterocycles. The van der Waals surface area contributed by atoms with Gasteiger partial charge in [-0.05, 0) is 36.4 Å². The van der Waals surface area contributed by atoms with E-state index in [9.17, 15) is 4.79 Å². The van der Waals surface area contributed by atoms with Gasteiger partial charge in [-0.15, -0.1) is 0 Å². The molecule has 0 unspecified atom stereocenters. The molecule has 0 aliphatic rings. The Morgan fingerprint density at radius 3 is 2.50 bits per heavy atom. The van der Waals surface area contributed by atoms with E-state index in [-0.39, 0.29) is 0 Å². The zero-order valence-electron chi connectivity index (χ0n) is 11.3. The maximum absolute atomic E-state index is 9.23. The van der Waals surface area contributed by atoms with E-state index >= 15 is 0 Å². The third-order valence-corrected chi connectivity index (χ3v) is 1.97. The van der Waals surface area contributed by atoms with Gasteiger partial charge in [-0.3, -0.25) is 4.79 Å².